The number of aromatic nitrogens is 2. The number of nitrogens with two attached hydrogens (primary N) is 1. The summed E-state index contributed by atoms with van der Waals surface area (Å²) in [6.07, 6.45) is 1.69. The summed E-state index contributed by atoms with van der Waals surface area (Å²) in [4.78, 5) is 0. The first-order valence-electron chi connectivity index (χ1n) is 17.3. The van der Waals surface area contributed by atoms with Gasteiger partial charge in [-0.1, -0.05) is 121 Å². The molecule has 0 saturated carbocycles. The lowest BCUT2D eigenvalue weighted by Crippen LogP contribution is -2.04. The standard InChI is InChI=1S/C31H20N2O.C15H14N2.H2OS/c1-19-9-8-10-20(17-19)32-23-13-4-2-11-21(23)29-26(32)18-28-31-30(29)22-12-3-5-14-24(22)33(31)25-15-6-7-16-27(25)34-28;16-14(12-7-3-1-4-8-12)11-15(17)13-9-5-2-6-10-13;1-2/h2-18H,1H3;1-11,16H,17H2;1-2H/b;15-11-,16-14?;. The minimum Gasteiger partial charge on any atom is -0.453 e. The zero-order valence-corrected chi connectivity index (χ0v) is 29.8. The largest absolute Gasteiger partial charge is 0.453 e. The number of benzene rings is 7. The molecule has 6 nitrogen and oxygen atoms in total. The highest BCUT2D eigenvalue weighted by atomic mass is 32.1. The van der Waals surface area contributed by atoms with Gasteiger partial charge in [-0.05, 0) is 79.0 Å². The third kappa shape index (κ3) is 5.92. The van der Waals surface area contributed by atoms with E-state index < -0.39 is 0 Å². The van der Waals surface area contributed by atoms with E-state index in [4.69, 9.17) is 20.4 Å². The van der Waals surface area contributed by atoms with Crippen molar-refractivity contribution >= 4 is 67.9 Å². The van der Waals surface area contributed by atoms with Crippen molar-refractivity contribution in [3.8, 4) is 22.9 Å². The van der Waals surface area contributed by atoms with Gasteiger partial charge in [0, 0.05) is 39.0 Å². The van der Waals surface area contributed by atoms with Crippen LogP contribution in [0, 0.1) is 12.3 Å². The highest BCUT2D eigenvalue weighted by Crippen LogP contribution is 2.50. The van der Waals surface area contributed by atoms with E-state index in [0.717, 1.165) is 45.0 Å². The molecule has 2 aromatic heterocycles. The fourth-order valence-corrected chi connectivity index (χ4v) is 7.37. The third-order valence-corrected chi connectivity index (χ3v) is 9.61. The molecular weight excluding hydrogens is 673 g/mol. The van der Waals surface area contributed by atoms with Crippen molar-refractivity contribution in [2.45, 2.75) is 6.92 Å². The van der Waals surface area contributed by atoms with Crippen LogP contribution in [0.2, 0.25) is 0 Å². The zero-order valence-electron chi connectivity index (χ0n) is 28.9. The number of aryl methyl sites for hydroxylation is 1. The van der Waals surface area contributed by atoms with Crippen LogP contribution < -0.4 is 10.5 Å². The van der Waals surface area contributed by atoms with Crippen LogP contribution in [-0.4, -0.2) is 19.4 Å². The molecule has 3 heterocycles. The topological polar surface area (TPSA) is 89.2 Å². The summed E-state index contributed by atoms with van der Waals surface area (Å²) in [5, 5.41) is 13.0. The van der Waals surface area contributed by atoms with Gasteiger partial charge in [0.1, 0.15) is 0 Å². The van der Waals surface area contributed by atoms with Gasteiger partial charge in [0.25, 0.3) is 0 Å². The number of thiol groups is 1. The van der Waals surface area contributed by atoms with Crippen molar-refractivity contribution in [3.05, 3.63) is 187 Å². The van der Waals surface area contributed by atoms with E-state index in [0.29, 0.717) is 11.4 Å². The number of fused-ring (bicyclic) bond motifs is 9. The van der Waals surface area contributed by atoms with Crippen LogP contribution in [-0.2, 0) is 0 Å². The zero-order chi connectivity index (χ0) is 36.5. The molecule has 0 amide bonds. The predicted molar refractivity (Wildman–Crippen MR) is 223 cm³/mol. The van der Waals surface area contributed by atoms with E-state index in [1.165, 1.54) is 38.1 Å². The molecule has 1 aliphatic heterocycles. The van der Waals surface area contributed by atoms with Crippen molar-refractivity contribution in [1.82, 2.24) is 9.13 Å². The summed E-state index contributed by atoms with van der Waals surface area (Å²) in [7, 11) is 0. The minimum atomic E-state index is 0.423. The second kappa shape index (κ2) is 14.2. The van der Waals surface area contributed by atoms with Gasteiger partial charge in [-0.15, -0.1) is 0 Å². The first-order chi connectivity index (χ1) is 26.1. The fraction of sp³-hybridized carbons (Fsp3) is 0.0217. The van der Waals surface area contributed by atoms with Crippen molar-refractivity contribution in [1.29, 1.82) is 5.41 Å². The number of nitrogens with zero attached hydrogens (tertiary/aromatic N) is 2. The number of hydrogen-bond donors (Lipinski definition) is 4. The summed E-state index contributed by atoms with van der Waals surface area (Å²) < 4.78 is 18.0. The second-order valence-corrected chi connectivity index (χ2v) is 12.9. The molecule has 7 aromatic carbocycles. The Hall–Kier alpha value is -6.54. The Balaban J connectivity index is 0.000000179. The summed E-state index contributed by atoms with van der Waals surface area (Å²) >= 11 is 2.53. The normalized spacial score (nSPS) is 11.7. The van der Waals surface area contributed by atoms with E-state index in [-0.39, 0.29) is 0 Å². The van der Waals surface area contributed by atoms with Crippen LogP contribution in [0.25, 0.3) is 60.7 Å². The summed E-state index contributed by atoms with van der Waals surface area (Å²) in [5.41, 5.74) is 17.0. The maximum absolute atomic E-state index is 7.95. The Morgan fingerprint density at radius 3 is 1.89 bits per heavy atom. The lowest BCUT2D eigenvalue weighted by molar-refractivity contribution is 0.477. The van der Waals surface area contributed by atoms with Gasteiger partial charge in [0.05, 0.1) is 33.5 Å². The number of para-hydroxylation sites is 4. The molecule has 9 aromatic rings. The average Bonchev–Trinajstić information content (AvgIpc) is 3.73. The Morgan fingerprint density at radius 2 is 1.19 bits per heavy atom. The number of allylic oxidation sites excluding steroid dienone is 1. The molecule has 10 rings (SSSR count). The van der Waals surface area contributed by atoms with Crippen molar-refractivity contribution in [2.75, 3.05) is 0 Å². The number of nitrogens with one attached hydrogen (secondary N) is 1. The molecule has 0 saturated heterocycles. The molecule has 0 spiro atoms. The molecule has 0 bridgehead atoms. The van der Waals surface area contributed by atoms with Crippen LogP contribution >= 0.6 is 12.9 Å². The van der Waals surface area contributed by atoms with Gasteiger partial charge >= 0.3 is 0 Å². The first kappa shape index (κ1) is 33.6. The molecule has 4 N–H and O–H groups in total. The Labute approximate surface area is 312 Å². The molecular formula is C46H36N4O2S. The molecule has 0 radical (unpaired) electrons. The lowest BCUT2D eigenvalue weighted by Gasteiger charge is -2.21. The second-order valence-electron chi connectivity index (χ2n) is 12.9. The fourth-order valence-electron chi connectivity index (χ4n) is 7.37. The van der Waals surface area contributed by atoms with E-state index in [1.54, 1.807) is 6.08 Å². The van der Waals surface area contributed by atoms with Crippen LogP contribution in [0.15, 0.2) is 170 Å². The van der Waals surface area contributed by atoms with Crippen molar-refractivity contribution in [2.24, 2.45) is 5.73 Å². The van der Waals surface area contributed by atoms with Crippen LogP contribution in [0.5, 0.6) is 11.5 Å². The summed E-state index contributed by atoms with van der Waals surface area (Å²) in [6, 6.07) is 55.9. The molecule has 0 aliphatic carbocycles. The van der Waals surface area contributed by atoms with Crippen molar-refractivity contribution in [3.63, 3.8) is 0 Å². The van der Waals surface area contributed by atoms with E-state index in [2.05, 4.69) is 126 Å². The van der Waals surface area contributed by atoms with Crippen molar-refractivity contribution < 1.29 is 9.29 Å². The highest BCUT2D eigenvalue weighted by molar-refractivity contribution is 7.74. The Kier molecular flexibility index (Phi) is 9.02. The maximum atomic E-state index is 7.95. The smallest absolute Gasteiger partial charge is 0.154 e. The van der Waals surface area contributed by atoms with Crippen LogP contribution in [0.4, 0.5) is 0 Å². The van der Waals surface area contributed by atoms with Gasteiger partial charge in [-0.25, -0.2) is 0 Å². The maximum Gasteiger partial charge on any atom is 0.154 e. The minimum absolute atomic E-state index is 0.423. The van der Waals surface area contributed by atoms with Crippen LogP contribution in [0.1, 0.15) is 16.7 Å². The molecule has 258 valence electrons. The van der Waals surface area contributed by atoms with E-state index >= 15 is 0 Å². The van der Waals surface area contributed by atoms with Gasteiger partial charge < -0.3 is 29.6 Å². The van der Waals surface area contributed by atoms with Gasteiger partial charge in [0.2, 0.25) is 0 Å². The molecule has 7 heteroatoms. The molecule has 1 aliphatic rings. The monoisotopic (exact) mass is 708 g/mol. The quantitative estimate of drug-likeness (QED) is 0.0833. The van der Waals surface area contributed by atoms with Gasteiger partial charge in [-0.2, -0.15) is 0 Å². The molecule has 0 unspecified atom stereocenters. The molecule has 0 atom stereocenters. The number of ether oxygens (including phenoxy) is 1. The predicted octanol–water partition coefficient (Wildman–Crippen LogP) is 11.7. The third-order valence-electron chi connectivity index (χ3n) is 9.61. The summed E-state index contributed by atoms with van der Waals surface area (Å²) in [5.74, 6) is 1.78. The average molecular weight is 709 g/mol. The molecule has 53 heavy (non-hydrogen) atoms. The Morgan fingerprint density at radius 1 is 0.604 bits per heavy atom. The molecule has 0 fully saturated rings. The van der Waals surface area contributed by atoms with E-state index in [1.807, 2.05) is 66.7 Å². The Bertz CT molecular complexity index is 2820. The summed E-state index contributed by atoms with van der Waals surface area (Å²) in [6.45, 7) is 2.15. The SMILES string of the molecule is Cc1cccc(-n2c3ccccc3c3c4c5ccccc5n5c4c(cc32)Oc2ccccc2-5)c1.N=C(/C=C(\N)c1ccccc1)c1ccccc1.OS. The van der Waals surface area contributed by atoms with E-state index in [9.17, 15) is 0 Å². The highest BCUT2D eigenvalue weighted by Gasteiger charge is 2.27. The van der Waals surface area contributed by atoms with Gasteiger partial charge in [0.15, 0.2) is 11.5 Å². The van der Waals surface area contributed by atoms with Crippen LogP contribution in [0.3, 0.4) is 0 Å². The first-order valence-corrected chi connectivity index (χ1v) is 17.7. The number of hydrogen-bond acceptors (Lipinski definition) is 5. The van der Waals surface area contributed by atoms with Gasteiger partial charge in [-0.3, -0.25) is 0 Å². The lowest BCUT2D eigenvalue weighted by atomic mass is 10.0. The number of rotatable bonds is 4.